The molecule has 0 aliphatic heterocycles. The van der Waals surface area contributed by atoms with Gasteiger partial charge in [-0.25, -0.2) is 0 Å². The minimum Gasteiger partial charge on any atom is -0.496 e. The molecule has 1 unspecified atom stereocenters. The highest BCUT2D eigenvalue weighted by Gasteiger charge is 2.38. The predicted molar refractivity (Wildman–Crippen MR) is 253 cm³/mol. The zero-order chi connectivity index (χ0) is 44.8. The second kappa shape index (κ2) is 21.4. The molecule has 7 aromatic rings. The Labute approximate surface area is 375 Å². The first kappa shape index (κ1) is 45.0. The molecule has 1 N–H and O–H groups in total. The van der Waals surface area contributed by atoms with E-state index >= 15 is 0 Å². The lowest BCUT2D eigenvalue weighted by Crippen LogP contribution is -2.42. The van der Waals surface area contributed by atoms with Gasteiger partial charge in [0.2, 0.25) is 5.91 Å². The maximum atomic E-state index is 14.5. The van der Waals surface area contributed by atoms with Crippen molar-refractivity contribution in [2.45, 2.75) is 50.5 Å². The topological polar surface area (TPSA) is 108 Å². The van der Waals surface area contributed by atoms with E-state index in [-0.39, 0.29) is 56.2 Å². The number of nitrogens with one attached hydrogen (secondary N) is 1. The third-order valence-corrected chi connectivity index (χ3v) is 13.8. The first-order valence-electron chi connectivity index (χ1n) is 21.5. The van der Waals surface area contributed by atoms with Gasteiger partial charge in [-0.2, -0.15) is 0 Å². The van der Waals surface area contributed by atoms with Crippen LogP contribution in [-0.2, 0) is 30.8 Å². The van der Waals surface area contributed by atoms with E-state index < -0.39 is 18.8 Å². The van der Waals surface area contributed by atoms with Crippen molar-refractivity contribution in [3.8, 4) is 17.2 Å². The average Bonchev–Trinajstić information content (AvgIpc) is 3.34. The van der Waals surface area contributed by atoms with Crippen LogP contribution in [0.25, 0.3) is 0 Å². The van der Waals surface area contributed by atoms with Gasteiger partial charge in [0, 0.05) is 25.3 Å². The molecule has 0 saturated carbocycles. The van der Waals surface area contributed by atoms with Gasteiger partial charge < -0.3 is 19.3 Å². The zero-order valence-electron chi connectivity index (χ0n) is 36.1. The Hall–Kier alpha value is -7.02. The van der Waals surface area contributed by atoms with Crippen LogP contribution in [0.2, 0.25) is 0 Å². The van der Waals surface area contributed by atoms with Crippen molar-refractivity contribution in [2.24, 2.45) is 0 Å². The van der Waals surface area contributed by atoms with E-state index in [0.717, 1.165) is 22.3 Å². The van der Waals surface area contributed by atoms with Crippen LogP contribution >= 0.6 is 7.37 Å². The lowest BCUT2D eigenvalue weighted by atomic mass is 9.66. The Balaban J connectivity index is 1.10. The molecule has 64 heavy (non-hydrogen) atoms. The molecule has 0 aromatic heterocycles. The molecular formula is C55H52NO7P. The molecule has 8 nitrogen and oxygen atoms in total. The highest BCUT2D eigenvalue weighted by atomic mass is 31.2. The maximum Gasteiger partial charge on any atom is 0.306 e. The molecule has 9 heteroatoms. The van der Waals surface area contributed by atoms with Crippen LogP contribution in [0.5, 0.6) is 17.2 Å². The Morgan fingerprint density at radius 2 is 1.09 bits per heavy atom. The molecule has 0 bridgehead atoms. The minimum absolute atomic E-state index is 0.0119. The van der Waals surface area contributed by atoms with Crippen molar-refractivity contribution in [1.82, 2.24) is 5.32 Å². The molecule has 7 rings (SSSR count). The summed E-state index contributed by atoms with van der Waals surface area (Å²) in [7, 11) is -1.92. The molecule has 7 aromatic carbocycles. The van der Waals surface area contributed by atoms with Gasteiger partial charge in [-0.05, 0) is 83.6 Å². The number of carbonyl (C=O) groups is 3. The molecule has 0 spiro atoms. The van der Waals surface area contributed by atoms with E-state index in [2.05, 4.69) is 5.32 Å². The predicted octanol–water partition coefficient (Wildman–Crippen LogP) is 10.2. The highest BCUT2D eigenvalue weighted by molar-refractivity contribution is 7.74. The van der Waals surface area contributed by atoms with Gasteiger partial charge in [0.05, 0.1) is 42.2 Å². The first-order chi connectivity index (χ1) is 31.2. The van der Waals surface area contributed by atoms with Gasteiger partial charge in [0.1, 0.15) is 23.0 Å². The number of hydrogen-bond acceptors (Lipinski definition) is 7. The quantitative estimate of drug-likeness (QED) is 0.0566. The Kier molecular flexibility index (Phi) is 15.0. The number of hydrogen-bond donors (Lipinski definition) is 1. The van der Waals surface area contributed by atoms with Crippen LogP contribution in [0.3, 0.4) is 0 Å². The molecular weight excluding hydrogens is 818 g/mol. The molecule has 0 aliphatic carbocycles. The second-order valence-corrected chi connectivity index (χ2v) is 18.0. The van der Waals surface area contributed by atoms with Crippen LogP contribution in [-0.4, -0.2) is 37.2 Å². The third kappa shape index (κ3) is 10.9. The van der Waals surface area contributed by atoms with E-state index in [1.165, 1.54) is 0 Å². The number of rotatable bonds is 21. The lowest BCUT2D eigenvalue weighted by Gasteiger charge is -2.35. The monoisotopic (exact) mass is 869 g/mol. The SMILES string of the molecule is COc1cc(OCCC(=O)NC(CCC(=O)CC(c2ccccc2)(c2ccccc2)c2ccccc2)C(=O)Cc2ccc(OP(=O)(c3ccccc3)c3ccccc3)cc2)ccc1C. The molecule has 0 saturated heterocycles. The summed E-state index contributed by atoms with van der Waals surface area (Å²) in [6, 6.07) is 59.7. The number of methoxy groups -OCH3 is 1. The van der Waals surface area contributed by atoms with Crippen molar-refractivity contribution >= 4 is 35.5 Å². The van der Waals surface area contributed by atoms with E-state index in [9.17, 15) is 18.9 Å². The number of ketones is 2. The van der Waals surface area contributed by atoms with Crippen molar-refractivity contribution in [3.05, 3.63) is 222 Å². The van der Waals surface area contributed by atoms with Gasteiger partial charge in [0.25, 0.3) is 0 Å². The van der Waals surface area contributed by atoms with Gasteiger partial charge in [0.15, 0.2) is 5.78 Å². The van der Waals surface area contributed by atoms with Crippen LogP contribution in [0.15, 0.2) is 194 Å². The molecule has 0 heterocycles. The molecule has 1 amide bonds. The van der Waals surface area contributed by atoms with Gasteiger partial charge >= 0.3 is 7.37 Å². The zero-order valence-corrected chi connectivity index (χ0v) is 37.0. The molecule has 324 valence electrons. The number of carbonyl (C=O) groups excluding carboxylic acids is 3. The summed E-state index contributed by atoms with van der Waals surface area (Å²) in [4.78, 5) is 42.2. The summed E-state index contributed by atoms with van der Waals surface area (Å²) in [5.74, 6) is 0.936. The standard InChI is InChI=1S/C55H52NO7P/c1-41-28-32-48(39-53(41)61-2)62-37-36-54(59)56-51(35-31-46(57)40-55(43-18-8-3-9-19-43,44-20-10-4-11-21-44)45-22-12-5-13-23-45)52(58)38-42-29-33-47(34-30-42)63-64(60,49-24-14-6-15-25-49)50-26-16-7-17-27-50/h3-30,32-34,39,51H,31,35-38,40H2,1-2H3,(H,56,59). The minimum atomic E-state index is -3.51. The van der Waals surface area contributed by atoms with Gasteiger partial charge in [-0.1, -0.05) is 146 Å². The summed E-state index contributed by atoms with van der Waals surface area (Å²) in [5, 5.41) is 4.06. The Morgan fingerprint density at radius 1 is 0.609 bits per heavy atom. The number of aryl methyl sites for hydroxylation is 1. The normalized spacial score (nSPS) is 11.8. The fraction of sp³-hybridized carbons (Fsp3) is 0.182. The van der Waals surface area contributed by atoms with Crippen molar-refractivity contribution in [1.29, 1.82) is 0 Å². The molecule has 0 aliphatic rings. The first-order valence-corrected chi connectivity index (χ1v) is 23.1. The number of benzene rings is 7. The van der Waals surface area contributed by atoms with Crippen LogP contribution in [0.4, 0.5) is 0 Å². The summed E-state index contributed by atoms with van der Waals surface area (Å²) in [5.41, 5.74) is 3.76. The van der Waals surface area contributed by atoms with Gasteiger partial charge in [-0.15, -0.1) is 0 Å². The van der Waals surface area contributed by atoms with Crippen molar-refractivity contribution in [2.75, 3.05) is 13.7 Å². The fourth-order valence-corrected chi connectivity index (χ4v) is 10.1. The van der Waals surface area contributed by atoms with E-state index in [1.54, 1.807) is 61.7 Å². The Morgan fingerprint density at radius 3 is 1.59 bits per heavy atom. The van der Waals surface area contributed by atoms with E-state index in [1.807, 2.05) is 146 Å². The largest absolute Gasteiger partial charge is 0.496 e. The average molecular weight is 870 g/mol. The number of Topliss-reactive ketones (excluding diaryl/α,β-unsaturated/α-hetero) is 2. The third-order valence-electron chi connectivity index (χ3n) is 11.4. The highest BCUT2D eigenvalue weighted by Crippen LogP contribution is 2.45. The summed E-state index contributed by atoms with van der Waals surface area (Å²) >= 11 is 0. The fourth-order valence-electron chi connectivity index (χ4n) is 8.04. The number of ether oxygens (including phenoxy) is 2. The molecule has 1 atom stereocenters. The van der Waals surface area contributed by atoms with E-state index in [4.69, 9.17) is 14.0 Å². The van der Waals surface area contributed by atoms with Gasteiger partial charge in [-0.3, -0.25) is 18.9 Å². The number of amides is 1. The van der Waals surface area contributed by atoms with Crippen LogP contribution in [0, 0.1) is 6.92 Å². The second-order valence-electron chi connectivity index (χ2n) is 15.7. The van der Waals surface area contributed by atoms with E-state index in [0.29, 0.717) is 33.4 Å². The molecule has 0 radical (unpaired) electrons. The maximum absolute atomic E-state index is 14.5. The lowest BCUT2D eigenvalue weighted by molar-refractivity contribution is -0.128. The summed E-state index contributed by atoms with van der Waals surface area (Å²) in [6.07, 6.45) is 0.265. The summed E-state index contributed by atoms with van der Waals surface area (Å²) in [6.45, 7) is 2.00. The Bertz CT molecular complexity index is 2520. The molecule has 0 fully saturated rings. The summed E-state index contributed by atoms with van der Waals surface area (Å²) < 4.78 is 32.1. The van der Waals surface area contributed by atoms with Crippen molar-refractivity contribution in [3.63, 3.8) is 0 Å². The van der Waals surface area contributed by atoms with Crippen LogP contribution in [0.1, 0.15) is 53.5 Å². The van der Waals surface area contributed by atoms with Crippen LogP contribution < -0.4 is 29.9 Å². The van der Waals surface area contributed by atoms with Crippen molar-refractivity contribution < 1.29 is 32.9 Å². The smallest absolute Gasteiger partial charge is 0.306 e.